The molecule has 32 heavy (non-hydrogen) atoms. The third-order valence-electron chi connectivity index (χ3n) is 4.43. The van der Waals surface area contributed by atoms with Crippen LogP contribution in [0.5, 0.6) is 11.5 Å². The van der Waals surface area contributed by atoms with E-state index in [2.05, 4.69) is 27.0 Å². The highest BCUT2D eigenvalue weighted by molar-refractivity contribution is 9.10. The van der Waals surface area contributed by atoms with Crippen LogP contribution in [0.25, 0.3) is 10.9 Å². The molecule has 0 saturated heterocycles. The molecule has 0 aliphatic carbocycles. The Morgan fingerprint density at radius 1 is 1.28 bits per heavy atom. The van der Waals surface area contributed by atoms with Gasteiger partial charge in [-0.05, 0) is 42.8 Å². The summed E-state index contributed by atoms with van der Waals surface area (Å²) in [4.78, 5) is 18.0. The molecule has 0 unspecified atom stereocenters. The van der Waals surface area contributed by atoms with Gasteiger partial charge in [-0.2, -0.15) is 9.78 Å². The van der Waals surface area contributed by atoms with Gasteiger partial charge in [-0.25, -0.2) is 4.98 Å². The second-order valence-electron chi connectivity index (χ2n) is 7.96. The molecule has 0 fully saturated rings. The van der Waals surface area contributed by atoms with Gasteiger partial charge in [0.1, 0.15) is 12.4 Å². The summed E-state index contributed by atoms with van der Waals surface area (Å²) in [6, 6.07) is 8.82. The first-order valence-electron chi connectivity index (χ1n) is 9.95. The molecular formula is C24H23BrClN3O3. The van der Waals surface area contributed by atoms with E-state index in [0.29, 0.717) is 45.4 Å². The molecule has 0 N–H and O–H groups in total. The lowest BCUT2D eigenvalue weighted by Crippen LogP contribution is -2.29. The quantitative estimate of drug-likeness (QED) is 0.325. The zero-order valence-corrected chi connectivity index (χ0v) is 20.6. The average molecular weight is 517 g/mol. The Balaban J connectivity index is 2.15. The monoisotopic (exact) mass is 515 g/mol. The van der Waals surface area contributed by atoms with Gasteiger partial charge < -0.3 is 9.47 Å². The number of halogens is 2. The van der Waals surface area contributed by atoms with Crippen molar-refractivity contribution in [3.8, 4) is 23.8 Å². The Kier molecular flexibility index (Phi) is 7.27. The van der Waals surface area contributed by atoms with Gasteiger partial charge in [0.25, 0.3) is 5.56 Å². The fourth-order valence-electron chi connectivity index (χ4n) is 3.05. The SMILES string of the molecule is C#CCOc1c(Cl)cc(C=Nn2c(C(C)(C)C)nc3ccc(Br)cc3c2=O)cc1OCC. The summed E-state index contributed by atoms with van der Waals surface area (Å²) in [6.45, 7) is 8.28. The van der Waals surface area contributed by atoms with Crippen molar-refractivity contribution in [1.82, 2.24) is 9.66 Å². The van der Waals surface area contributed by atoms with Crippen molar-refractivity contribution < 1.29 is 9.47 Å². The van der Waals surface area contributed by atoms with Crippen LogP contribution in [0.1, 0.15) is 39.1 Å². The molecule has 166 valence electrons. The smallest absolute Gasteiger partial charge is 0.282 e. The normalized spacial score (nSPS) is 11.7. The molecule has 8 heteroatoms. The van der Waals surface area contributed by atoms with Gasteiger partial charge in [-0.1, -0.05) is 54.2 Å². The molecule has 0 saturated carbocycles. The predicted octanol–water partition coefficient (Wildman–Crippen LogP) is 5.40. The van der Waals surface area contributed by atoms with Crippen LogP contribution in [0.2, 0.25) is 5.02 Å². The summed E-state index contributed by atoms with van der Waals surface area (Å²) in [6.07, 6.45) is 6.83. The van der Waals surface area contributed by atoms with Gasteiger partial charge in [0, 0.05) is 9.89 Å². The Morgan fingerprint density at radius 2 is 2.03 bits per heavy atom. The number of benzene rings is 2. The van der Waals surface area contributed by atoms with Crippen molar-refractivity contribution in [2.24, 2.45) is 5.10 Å². The number of rotatable bonds is 6. The van der Waals surface area contributed by atoms with E-state index in [-0.39, 0.29) is 12.2 Å². The fourth-order valence-corrected chi connectivity index (χ4v) is 3.68. The third kappa shape index (κ3) is 5.14. The minimum Gasteiger partial charge on any atom is -0.490 e. The van der Waals surface area contributed by atoms with Crippen LogP contribution < -0.4 is 15.0 Å². The summed E-state index contributed by atoms with van der Waals surface area (Å²) in [5.41, 5.74) is 0.570. The van der Waals surface area contributed by atoms with Crippen LogP contribution in [0.4, 0.5) is 0 Å². The molecular weight excluding hydrogens is 494 g/mol. The van der Waals surface area contributed by atoms with Crippen molar-refractivity contribution in [2.75, 3.05) is 13.2 Å². The first kappa shape index (κ1) is 23.8. The number of aromatic nitrogens is 2. The molecule has 2 aromatic carbocycles. The lowest BCUT2D eigenvalue weighted by molar-refractivity contribution is 0.299. The molecule has 0 bridgehead atoms. The summed E-state index contributed by atoms with van der Waals surface area (Å²) < 4.78 is 13.3. The molecule has 0 aliphatic heterocycles. The van der Waals surface area contributed by atoms with Crippen molar-refractivity contribution in [1.29, 1.82) is 0 Å². The van der Waals surface area contributed by atoms with E-state index in [4.69, 9.17) is 32.5 Å². The number of fused-ring (bicyclic) bond motifs is 1. The maximum absolute atomic E-state index is 13.3. The number of terminal acetylenes is 1. The van der Waals surface area contributed by atoms with E-state index < -0.39 is 5.41 Å². The van der Waals surface area contributed by atoms with Crippen LogP contribution in [0.3, 0.4) is 0 Å². The van der Waals surface area contributed by atoms with Crippen molar-refractivity contribution in [3.05, 3.63) is 61.6 Å². The average Bonchev–Trinajstić information content (AvgIpc) is 2.72. The molecule has 0 aliphatic rings. The van der Waals surface area contributed by atoms with Gasteiger partial charge in [0.2, 0.25) is 0 Å². The van der Waals surface area contributed by atoms with Gasteiger partial charge in [-0.15, -0.1) is 6.42 Å². The van der Waals surface area contributed by atoms with E-state index in [9.17, 15) is 4.79 Å². The summed E-state index contributed by atoms with van der Waals surface area (Å²) in [5.74, 6) is 3.76. The number of ether oxygens (including phenoxy) is 2. The minimum absolute atomic E-state index is 0.0654. The first-order valence-corrected chi connectivity index (χ1v) is 11.1. The third-order valence-corrected chi connectivity index (χ3v) is 5.21. The molecule has 1 heterocycles. The van der Waals surface area contributed by atoms with Gasteiger partial charge in [0.05, 0.1) is 28.7 Å². The van der Waals surface area contributed by atoms with E-state index in [0.717, 1.165) is 4.47 Å². The molecule has 3 aromatic rings. The summed E-state index contributed by atoms with van der Waals surface area (Å²) >= 11 is 9.81. The molecule has 1 aromatic heterocycles. The van der Waals surface area contributed by atoms with Crippen molar-refractivity contribution >= 4 is 44.6 Å². The number of nitrogens with zero attached hydrogens (tertiary/aromatic N) is 3. The fraction of sp³-hybridized carbons (Fsp3) is 0.292. The van der Waals surface area contributed by atoms with Crippen LogP contribution in [0, 0.1) is 12.3 Å². The predicted molar refractivity (Wildman–Crippen MR) is 132 cm³/mol. The molecule has 0 atom stereocenters. The van der Waals surface area contributed by atoms with Crippen LogP contribution in [-0.2, 0) is 5.41 Å². The number of hydrogen-bond donors (Lipinski definition) is 0. The highest BCUT2D eigenvalue weighted by Crippen LogP contribution is 2.36. The van der Waals surface area contributed by atoms with Gasteiger partial charge >= 0.3 is 0 Å². The molecule has 0 radical (unpaired) electrons. The van der Waals surface area contributed by atoms with E-state index in [1.165, 1.54) is 4.68 Å². The topological polar surface area (TPSA) is 65.7 Å². The maximum Gasteiger partial charge on any atom is 0.282 e. The van der Waals surface area contributed by atoms with Crippen molar-refractivity contribution in [2.45, 2.75) is 33.1 Å². The highest BCUT2D eigenvalue weighted by atomic mass is 79.9. The Hall–Kier alpha value is -2.82. The standard InChI is InChI=1S/C24H23BrClN3O3/c1-6-10-32-21-18(26)11-15(12-20(21)31-7-2)14-27-29-22(30)17-13-16(25)8-9-19(17)28-23(29)24(3,4)5/h1,8-9,11-14H,7,10H2,2-5H3. The zero-order chi connectivity index (χ0) is 23.5. The minimum atomic E-state index is -0.418. The van der Waals surface area contributed by atoms with Crippen LogP contribution in [-0.4, -0.2) is 29.1 Å². The lowest BCUT2D eigenvalue weighted by Gasteiger charge is -2.21. The molecule has 3 rings (SSSR count). The van der Waals surface area contributed by atoms with E-state index in [1.54, 1.807) is 24.4 Å². The maximum atomic E-state index is 13.3. The summed E-state index contributed by atoms with van der Waals surface area (Å²) in [7, 11) is 0. The zero-order valence-electron chi connectivity index (χ0n) is 18.3. The lowest BCUT2D eigenvalue weighted by atomic mass is 9.95. The largest absolute Gasteiger partial charge is 0.490 e. The highest BCUT2D eigenvalue weighted by Gasteiger charge is 2.23. The van der Waals surface area contributed by atoms with Crippen LogP contribution >= 0.6 is 27.5 Å². The Bertz CT molecular complexity index is 1290. The second-order valence-corrected chi connectivity index (χ2v) is 9.29. The van der Waals surface area contributed by atoms with Crippen LogP contribution in [0.15, 0.2) is 44.7 Å². The Morgan fingerprint density at radius 3 is 2.69 bits per heavy atom. The van der Waals surface area contributed by atoms with Crippen molar-refractivity contribution in [3.63, 3.8) is 0 Å². The van der Waals surface area contributed by atoms with E-state index >= 15 is 0 Å². The Labute approximate surface area is 200 Å². The van der Waals surface area contributed by atoms with Gasteiger partial charge in [0.15, 0.2) is 11.5 Å². The number of hydrogen-bond acceptors (Lipinski definition) is 5. The summed E-state index contributed by atoms with van der Waals surface area (Å²) in [5, 5.41) is 5.27. The molecule has 6 nitrogen and oxygen atoms in total. The van der Waals surface area contributed by atoms with E-state index in [1.807, 2.05) is 39.8 Å². The second kappa shape index (κ2) is 9.76. The molecule has 0 amide bonds. The van der Waals surface area contributed by atoms with Gasteiger partial charge in [-0.3, -0.25) is 4.79 Å². The first-order chi connectivity index (χ1) is 15.2. The molecule has 0 spiro atoms.